The van der Waals surface area contributed by atoms with Crippen molar-refractivity contribution in [2.75, 3.05) is 14.2 Å². The Balaban J connectivity index is 2.42. The van der Waals surface area contributed by atoms with Gasteiger partial charge >= 0.3 is 0 Å². The van der Waals surface area contributed by atoms with Crippen molar-refractivity contribution in [3.05, 3.63) is 57.0 Å². The predicted octanol–water partition coefficient (Wildman–Crippen LogP) is 5.60. The molecule has 0 spiro atoms. The molecule has 0 heterocycles. The van der Waals surface area contributed by atoms with Gasteiger partial charge in [0.2, 0.25) is 0 Å². The van der Waals surface area contributed by atoms with Gasteiger partial charge in [0.25, 0.3) is 0 Å². The number of hydrogen-bond acceptors (Lipinski definition) is 2. The molecule has 20 heavy (non-hydrogen) atoms. The Hall–Kier alpha value is -0.710. The lowest BCUT2D eigenvalue weighted by Gasteiger charge is -2.15. The summed E-state index contributed by atoms with van der Waals surface area (Å²) in [5.41, 5.74) is 2.04. The first-order chi connectivity index (χ1) is 9.56. The van der Waals surface area contributed by atoms with E-state index in [1.54, 1.807) is 14.2 Å². The van der Waals surface area contributed by atoms with Crippen molar-refractivity contribution >= 4 is 43.5 Å². The second-order valence-corrected chi connectivity index (χ2v) is 6.38. The molecule has 0 saturated heterocycles. The van der Waals surface area contributed by atoms with E-state index in [0.29, 0.717) is 16.5 Å². The molecule has 0 fully saturated rings. The van der Waals surface area contributed by atoms with Crippen molar-refractivity contribution in [3.8, 4) is 11.5 Å². The summed E-state index contributed by atoms with van der Waals surface area (Å²) >= 11 is 13.4. The van der Waals surface area contributed by atoms with Crippen LogP contribution in [0.5, 0.6) is 11.5 Å². The number of halogens is 3. The molecular weight excluding hydrogens is 407 g/mol. The highest BCUT2D eigenvalue weighted by Gasteiger charge is 2.16. The van der Waals surface area contributed by atoms with E-state index in [1.165, 1.54) is 0 Å². The molecule has 2 nitrogen and oxygen atoms in total. The first-order valence-corrected chi connectivity index (χ1v) is 7.96. The fourth-order valence-corrected chi connectivity index (χ4v) is 3.30. The first-order valence-electron chi connectivity index (χ1n) is 5.87. The Labute approximate surface area is 140 Å². The summed E-state index contributed by atoms with van der Waals surface area (Å²) in [5.74, 6) is 1.40. The molecule has 2 rings (SSSR count). The van der Waals surface area contributed by atoms with Crippen LogP contribution in [-0.4, -0.2) is 14.2 Å². The summed E-state index contributed by atoms with van der Waals surface area (Å²) in [6, 6.07) is 11.6. The fourth-order valence-electron chi connectivity index (χ4n) is 1.90. The van der Waals surface area contributed by atoms with Gasteiger partial charge in [-0.3, -0.25) is 0 Å². The van der Waals surface area contributed by atoms with E-state index in [0.717, 1.165) is 15.6 Å². The molecule has 1 atom stereocenters. The minimum Gasteiger partial charge on any atom is -0.493 e. The van der Waals surface area contributed by atoms with Crippen LogP contribution < -0.4 is 9.47 Å². The number of alkyl halides is 1. The molecule has 0 aliphatic carbocycles. The molecule has 0 aromatic heterocycles. The van der Waals surface area contributed by atoms with Crippen LogP contribution >= 0.6 is 43.5 Å². The van der Waals surface area contributed by atoms with Gasteiger partial charge in [-0.25, -0.2) is 0 Å². The Kier molecular flexibility index (Phi) is 5.35. The second kappa shape index (κ2) is 6.83. The maximum absolute atomic E-state index is 6.27. The van der Waals surface area contributed by atoms with Gasteiger partial charge in [0.05, 0.1) is 19.0 Å². The van der Waals surface area contributed by atoms with Crippen LogP contribution in [0.4, 0.5) is 0 Å². The topological polar surface area (TPSA) is 18.5 Å². The van der Waals surface area contributed by atoms with Crippen LogP contribution in [0, 0.1) is 0 Å². The van der Waals surface area contributed by atoms with Gasteiger partial charge in [-0.05, 0) is 41.5 Å². The third-order valence-corrected chi connectivity index (χ3v) is 4.79. The number of methoxy groups -OCH3 is 2. The van der Waals surface area contributed by atoms with E-state index in [4.69, 9.17) is 21.1 Å². The zero-order valence-electron chi connectivity index (χ0n) is 11.0. The highest BCUT2D eigenvalue weighted by molar-refractivity contribution is 9.10. The smallest absolute Gasteiger partial charge is 0.161 e. The Morgan fingerprint density at radius 2 is 1.70 bits per heavy atom. The molecule has 0 bridgehead atoms. The minimum atomic E-state index is -0.0210. The molecule has 0 amide bonds. The van der Waals surface area contributed by atoms with Gasteiger partial charge in [0.15, 0.2) is 11.5 Å². The van der Waals surface area contributed by atoms with Gasteiger partial charge in [-0.15, -0.1) is 0 Å². The summed E-state index contributed by atoms with van der Waals surface area (Å²) < 4.78 is 11.6. The maximum Gasteiger partial charge on any atom is 0.161 e. The lowest BCUT2D eigenvalue weighted by molar-refractivity contribution is 0.354. The maximum atomic E-state index is 6.27. The molecule has 0 N–H and O–H groups in total. The van der Waals surface area contributed by atoms with E-state index in [9.17, 15) is 0 Å². The number of benzene rings is 2. The summed E-state index contributed by atoms with van der Waals surface area (Å²) in [5, 5.41) is 0.713. The molecule has 2 aromatic carbocycles. The summed E-state index contributed by atoms with van der Waals surface area (Å²) in [6.45, 7) is 0. The molecule has 0 radical (unpaired) electrons. The number of rotatable bonds is 4. The highest BCUT2D eigenvalue weighted by atomic mass is 79.9. The molecule has 0 aliphatic rings. The largest absolute Gasteiger partial charge is 0.493 e. The van der Waals surface area contributed by atoms with Crippen molar-refractivity contribution in [2.24, 2.45) is 0 Å². The zero-order chi connectivity index (χ0) is 14.7. The average Bonchev–Trinajstić information content (AvgIpc) is 2.48. The average molecular weight is 421 g/mol. The molecule has 106 valence electrons. The Bertz CT molecular complexity index is 617. The molecule has 1 unspecified atom stereocenters. The van der Waals surface area contributed by atoms with E-state index >= 15 is 0 Å². The predicted molar refractivity (Wildman–Crippen MR) is 89.5 cm³/mol. The van der Waals surface area contributed by atoms with Crippen molar-refractivity contribution in [1.82, 2.24) is 0 Å². The molecule has 2 aromatic rings. The standard InChI is InChI=1S/C15H13Br2ClO2/c1-19-13-6-3-9(7-14(13)20-2)15(17)11-8-10(16)4-5-12(11)18/h3-8,15H,1-2H3. The van der Waals surface area contributed by atoms with Crippen molar-refractivity contribution in [2.45, 2.75) is 4.83 Å². The van der Waals surface area contributed by atoms with Crippen LogP contribution in [0.25, 0.3) is 0 Å². The van der Waals surface area contributed by atoms with Crippen molar-refractivity contribution in [1.29, 1.82) is 0 Å². The molecule has 5 heteroatoms. The first kappa shape index (κ1) is 15.7. The highest BCUT2D eigenvalue weighted by Crippen LogP contribution is 2.39. The van der Waals surface area contributed by atoms with Gasteiger partial charge in [0.1, 0.15) is 0 Å². The fraction of sp³-hybridized carbons (Fsp3) is 0.200. The number of hydrogen-bond donors (Lipinski definition) is 0. The molecule has 0 saturated carbocycles. The second-order valence-electron chi connectivity index (χ2n) is 4.14. The van der Waals surface area contributed by atoms with Crippen LogP contribution in [0.3, 0.4) is 0 Å². The van der Waals surface area contributed by atoms with E-state index < -0.39 is 0 Å². The molecule has 0 aliphatic heterocycles. The van der Waals surface area contributed by atoms with Crippen LogP contribution in [-0.2, 0) is 0 Å². The summed E-state index contributed by atoms with van der Waals surface area (Å²) in [6.07, 6.45) is 0. The van der Waals surface area contributed by atoms with E-state index in [-0.39, 0.29) is 4.83 Å². The quantitative estimate of drug-likeness (QED) is 0.599. The summed E-state index contributed by atoms with van der Waals surface area (Å²) in [4.78, 5) is -0.0210. The summed E-state index contributed by atoms with van der Waals surface area (Å²) in [7, 11) is 3.24. The minimum absolute atomic E-state index is 0.0210. The number of ether oxygens (including phenoxy) is 2. The van der Waals surface area contributed by atoms with Crippen LogP contribution in [0.2, 0.25) is 5.02 Å². The van der Waals surface area contributed by atoms with Gasteiger partial charge < -0.3 is 9.47 Å². The van der Waals surface area contributed by atoms with Gasteiger partial charge in [-0.1, -0.05) is 49.5 Å². The van der Waals surface area contributed by atoms with Crippen molar-refractivity contribution < 1.29 is 9.47 Å². The van der Waals surface area contributed by atoms with Gasteiger partial charge in [-0.2, -0.15) is 0 Å². The van der Waals surface area contributed by atoms with E-state index in [1.807, 2.05) is 36.4 Å². The Morgan fingerprint density at radius 3 is 2.35 bits per heavy atom. The lowest BCUT2D eigenvalue weighted by Crippen LogP contribution is -1.97. The van der Waals surface area contributed by atoms with E-state index in [2.05, 4.69) is 31.9 Å². The molecular formula is C15H13Br2ClO2. The van der Waals surface area contributed by atoms with Crippen molar-refractivity contribution in [3.63, 3.8) is 0 Å². The lowest BCUT2D eigenvalue weighted by atomic mass is 10.0. The third kappa shape index (κ3) is 3.30. The Morgan fingerprint density at radius 1 is 1.00 bits per heavy atom. The van der Waals surface area contributed by atoms with Gasteiger partial charge in [0, 0.05) is 9.50 Å². The normalized spacial score (nSPS) is 12.1. The monoisotopic (exact) mass is 418 g/mol. The van der Waals surface area contributed by atoms with Crippen LogP contribution in [0.15, 0.2) is 40.9 Å². The zero-order valence-corrected chi connectivity index (χ0v) is 14.9. The SMILES string of the molecule is COc1ccc(C(Br)c2cc(Br)ccc2Cl)cc1OC. The third-order valence-electron chi connectivity index (χ3n) is 2.93. The van der Waals surface area contributed by atoms with Crippen LogP contribution in [0.1, 0.15) is 16.0 Å².